The number of nitrogens with two attached hydrogens (primary N) is 1. The van der Waals surface area contributed by atoms with Gasteiger partial charge in [0.15, 0.2) is 4.34 Å². The molecule has 0 unspecified atom stereocenters. The fourth-order valence-electron chi connectivity index (χ4n) is 1.50. The number of aromatic nitrogens is 1. The molecular formula is C12H14N2S2. The van der Waals surface area contributed by atoms with Crippen LogP contribution in [-0.2, 0) is 0 Å². The Bertz CT molecular complexity index is 492. The lowest BCUT2D eigenvalue weighted by Crippen LogP contribution is -1.86. The Morgan fingerprint density at radius 1 is 1.44 bits per heavy atom. The van der Waals surface area contributed by atoms with Gasteiger partial charge in [-0.3, -0.25) is 0 Å². The fourth-order valence-corrected chi connectivity index (χ4v) is 3.34. The molecule has 16 heavy (non-hydrogen) atoms. The van der Waals surface area contributed by atoms with Gasteiger partial charge in [0.25, 0.3) is 0 Å². The number of nitrogen functional groups attached to an aromatic ring is 1. The highest BCUT2D eigenvalue weighted by atomic mass is 32.2. The summed E-state index contributed by atoms with van der Waals surface area (Å²) in [6.07, 6.45) is 0. The number of hydrogen-bond acceptors (Lipinski definition) is 4. The average Bonchev–Trinajstić information content (AvgIpc) is 2.60. The van der Waals surface area contributed by atoms with Crippen molar-refractivity contribution in [2.24, 2.45) is 0 Å². The standard InChI is InChI=1S/C12H14N2S2/c1-3-15-12-14-10(11(13)16-12)9-6-4-5-8(2)7-9/h4-7H,3,13H2,1-2H3. The SMILES string of the molecule is CCSc1nc(-c2cccc(C)c2)c(N)s1. The maximum atomic E-state index is 6.00. The van der Waals surface area contributed by atoms with E-state index in [1.807, 2.05) is 6.07 Å². The minimum atomic E-state index is 0.807. The molecule has 0 aliphatic rings. The monoisotopic (exact) mass is 250 g/mol. The lowest BCUT2D eigenvalue weighted by molar-refractivity contribution is 1.25. The van der Waals surface area contributed by atoms with Gasteiger partial charge in [0.1, 0.15) is 10.7 Å². The van der Waals surface area contributed by atoms with E-state index < -0.39 is 0 Å². The summed E-state index contributed by atoms with van der Waals surface area (Å²) in [6.45, 7) is 4.20. The fraction of sp³-hybridized carbons (Fsp3) is 0.250. The Kier molecular flexibility index (Phi) is 3.51. The van der Waals surface area contributed by atoms with Crippen LogP contribution in [0.25, 0.3) is 11.3 Å². The Morgan fingerprint density at radius 2 is 2.25 bits per heavy atom. The van der Waals surface area contributed by atoms with Crippen LogP contribution in [0.3, 0.4) is 0 Å². The van der Waals surface area contributed by atoms with E-state index in [1.165, 1.54) is 5.56 Å². The second-order valence-corrected chi connectivity index (χ2v) is 6.04. The van der Waals surface area contributed by atoms with Crippen LogP contribution in [0.2, 0.25) is 0 Å². The minimum absolute atomic E-state index is 0.807. The molecule has 2 nitrogen and oxygen atoms in total. The van der Waals surface area contributed by atoms with Crippen LogP contribution in [0.1, 0.15) is 12.5 Å². The van der Waals surface area contributed by atoms with Crippen LogP contribution >= 0.6 is 23.1 Å². The quantitative estimate of drug-likeness (QED) is 0.842. The van der Waals surface area contributed by atoms with Crippen LogP contribution in [0.4, 0.5) is 5.00 Å². The van der Waals surface area contributed by atoms with E-state index >= 15 is 0 Å². The molecule has 0 radical (unpaired) electrons. The lowest BCUT2D eigenvalue weighted by Gasteiger charge is -1.99. The van der Waals surface area contributed by atoms with Gasteiger partial charge in [-0.05, 0) is 18.7 Å². The number of aryl methyl sites for hydroxylation is 1. The average molecular weight is 250 g/mol. The van der Waals surface area contributed by atoms with E-state index in [9.17, 15) is 0 Å². The molecule has 0 aliphatic carbocycles. The zero-order chi connectivity index (χ0) is 11.5. The van der Waals surface area contributed by atoms with Crippen molar-refractivity contribution < 1.29 is 0 Å². The molecule has 1 aromatic carbocycles. The molecule has 84 valence electrons. The highest BCUT2D eigenvalue weighted by molar-refractivity contribution is 8.01. The molecule has 0 amide bonds. The first-order valence-corrected chi connectivity index (χ1v) is 6.97. The zero-order valence-electron chi connectivity index (χ0n) is 9.36. The van der Waals surface area contributed by atoms with Gasteiger partial charge in [-0.25, -0.2) is 4.98 Å². The van der Waals surface area contributed by atoms with E-state index in [2.05, 4.69) is 37.0 Å². The lowest BCUT2D eigenvalue weighted by atomic mass is 10.1. The first-order chi connectivity index (χ1) is 7.70. The summed E-state index contributed by atoms with van der Waals surface area (Å²) in [6, 6.07) is 8.29. The Balaban J connectivity index is 2.40. The number of anilines is 1. The van der Waals surface area contributed by atoms with Crippen molar-refractivity contribution in [3.63, 3.8) is 0 Å². The van der Waals surface area contributed by atoms with Crippen molar-refractivity contribution in [1.82, 2.24) is 4.98 Å². The molecular weight excluding hydrogens is 236 g/mol. The third-order valence-electron chi connectivity index (χ3n) is 2.19. The van der Waals surface area contributed by atoms with Crippen LogP contribution in [-0.4, -0.2) is 10.7 Å². The maximum absolute atomic E-state index is 6.00. The van der Waals surface area contributed by atoms with Gasteiger partial charge in [0, 0.05) is 5.56 Å². The van der Waals surface area contributed by atoms with Crippen LogP contribution < -0.4 is 5.73 Å². The number of nitrogens with zero attached hydrogens (tertiary/aromatic N) is 1. The second kappa shape index (κ2) is 4.89. The Labute approximate surface area is 104 Å². The van der Waals surface area contributed by atoms with Crippen molar-refractivity contribution in [1.29, 1.82) is 0 Å². The third-order valence-corrected chi connectivity index (χ3v) is 4.10. The van der Waals surface area contributed by atoms with Crippen LogP contribution in [0.15, 0.2) is 28.6 Å². The summed E-state index contributed by atoms with van der Waals surface area (Å²) in [4.78, 5) is 4.57. The molecule has 1 heterocycles. The summed E-state index contributed by atoms with van der Waals surface area (Å²) in [5.41, 5.74) is 9.26. The highest BCUT2D eigenvalue weighted by Crippen LogP contribution is 2.35. The Hall–Kier alpha value is -1.00. The summed E-state index contributed by atoms with van der Waals surface area (Å²) < 4.78 is 1.05. The van der Waals surface area contributed by atoms with E-state index in [-0.39, 0.29) is 0 Å². The van der Waals surface area contributed by atoms with E-state index in [1.54, 1.807) is 23.1 Å². The van der Waals surface area contributed by atoms with Crippen LogP contribution in [0.5, 0.6) is 0 Å². The predicted octanol–water partition coefficient (Wildman–Crippen LogP) is 3.81. The number of benzene rings is 1. The van der Waals surface area contributed by atoms with E-state index in [0.717, 1.165) is 26.4 Å². The molecule has 2 N–H and O–H groups in total. The molecule has 2 rings (SSSR count). The van der Waals surface area contributed by atoms with Gasteiger partial charge in [-0.2, -0.15) is 0 Å². The summed E-state index contributed by atoms with van der Waals surface area (Å²) in [5, 5.41) is 0.807. The molecule has 0 saturated carbocycles. The summed E-state index contributed by atoms with van der Waals surface area (Å²) in [7, 11) is 0. The first-order valence-electron chi connectivity index (χ1n) is 5.17. The predicted molar refractivity (Wildman–Crippen MR) is 73.1 cm³/mol. The number of rotatable bonds is 3. The second-order valence-electron chi connectivity index (χ2n) is 3.50. The normalized spacial score (nSPS) is 10.6. The largest absolute Gasteiger partial charge is 0.389 e. The number of thioether (sulfide) groups is 1. The van der Waals surface area contributed by atoms with E-state index in [4.69, 9.17) is 5.73 Å². The zero-order valence-corrected chi connectivity index (χ0v) is 11.0. The Morgan fingerprint density at radius 3 is 2.94 bits per heavy atom. The summed E-state index contributed by atoms with van der Waals surface area (Å²) >= 11 is 3.31. The van der Waals surface area contributed by atoms with Crippen molar-refractivity contribution in [3.8, 4) is 11.3 Å². The molecule has 0 spiro atoms. The van der Waals surface area contributed by atoms with Crippen molar-refractivity contribution in [3.05, 3.63) is 29.8 Å². The maximum Gasteiger partial charge on any atom is 0.152 e. The van der Waals surface area contributed by atoms with Crippen molar-refractivity contribution in [2.75, 3.05) is 11.5 Å². The third kappa shape index (κ3) is 2.39. The van der Waals surface area contributed by atoms with Gasteiger partial charge in [0.05, 0.1) is 0 Å². The molecule has 2 aromatic rings. The van der Waals surface area contributed by atoms with Crippen LogP contribution in [0, 0.1) is 6.92 Å². The number of hydrogen-bond donors (Lipinski definition) is 1. The first kappa shape index (κ1) is 11.5. The van der Waals surface area contributed by atoms with Gasteiger partial charge in [-0.15, -0.1) is 0 Å². The van der Waals surface area contributed by atoms with Gasteiger partial charge < -0.3 is 5.73 Å². The van der Waals surface area contributed by atoms with E-state index in [0.29, 0.717) is 0 Å². The van der Waals surface area contributed by atoms with Gasteiger partial charge >= 0.3 is 0 Å². The molecule has 0 aliphatic heterocycles. The van der Waals surface area contributed by atoms with Crippen molar-refractivity contribution >= 4 is 28.1 Å². The van der Waals surface area contributed by atoms with Gasteiger partial charge in [0.2, 0.25) is 0 Å². The molecule has 0 fully saturated rings. The minimum Gasteiger partial charge on any atom is -0.389 e. The topological polar surface area (TPSA) is 38.9 Å². The molecule has 4 heteroatoms. The summed E-state index contributed by atoms with van der Waals surface area (Å²) in [5.74, 6) is 1.03. The molecule has 0 bridgehead atoms. The molecule has 0 saturated heterocycles. The molecule has 0 atom stereocenters. The van der Waals surface area contributed by atoms with Crippen molar-refractivity contribution in [2.45, 2.75) is 18.2 Å². The molecule has 1 aromatic heterocycles. The van der Waals surface area contributed by atoms with Gasteiger partial charge in [-0.1, -0.05) is 53.8 Å². The smallest absolute Gasteiger partial charge is 0.152 e. The number of thiazole rings is 1. The highest BCUT2D eigenvalue weighted by Gasteiger charge is 2.10.